The normalized spacial score (nSPS) is 11.9. The Morgan fingerprint density at radius 2 is 2.31 bits per heavy atom. The molecule has 16 heavy (non-hydrogen) atoms. The van der Waals surface area contributed by atoms with Crippen LogP contribution in [0.25, 0.3) is 0 Å². The molecule has 1 rings (SSSR count). The van der Waals surface area contributed by atoms with E-state index in [2.05, 4.69) is 20.7 Å². The Labute approximate surface area is 93.4 Å². The number of methoxy groups -OCH3 is 1. The van der Waals surface area contributed by atoms with Crippen LogP contribution < -0.4 is 16.6 Å². The molecule has 0 aromatic carbocycles. The Bertz CT molecular complexity index is 340. The van der Waals surface area contributed by atoms with Gasteiger partial charge in [-0.15, -0.1) is 0 Å². The molecule has 1 aromatic rings. The van der Waals surface area contributed by atoms with Crippen molar-refractivity contribution >= 4 is 11.7 Å². The highest BCUT2D eigenvalue weighted by Gasteiger charge is 2.10. The van der Waals surface area contributed by atoms with E-state index in [0.717, 1.165) is 0 Å². The van der Waals surface area contributed by atoms with Crippen LogP contribution in [0.15, 0.2) is 12.4 Å². The lowest BCUT2D eigenvalue weighted by Gasteiger charge is -2.11. The molecule has 0 saturated carbocycles. The van der Waals surface area contributed by atoms with Crippen molar-refractivity contribution in [3.05, 3.63) is 18.1 Å². The zero-order valence-electron chi connectivity index (χ0n) is 9.23. The number of nitrogens with two attached hydrogens (primary N) is 1. The fourth-order valence-corrected chi connectivity index (χ4v) is 1.11. The Kier molecular flexibility index (Phi) is 4.62. The number of hydrazine groups is 1. The van der Waals surface area contributed by atoms with E-state index in [-0.39, 0.29) is 17.6 Å². The van der Waals surface area contributed by atoms with Gasteiger partial charge in [0.05, 0.1) is 19.0 Å². The second-order valence-corrected chi connectivity index (χ2v) is 3.26. The molecule has 0 aliphatic heterocycles. The van der Waals surface area contributed by atoms with Crippen molar-refractivity contribution in [2.24, 2.45) is 5.84 Å². The highest BCUT2D eigenvalue weighted by molar-refractivity contribution is 5.92. The van der Waals surface area contributed by atoms with E-state index >= 15 is 0 Å². The number of hydrogen-bond acceptors (Lipinski definition) is 6. The van der Waals surface area contributed by atoms with Crippen LogP contribution in [0.5, 0.6) is 0 Å². The van der Waals surface area contributed by atoms with Gasteiger partial charge in [0.1, 0.15) is 5.69 Å². The number of anilines is 1. The van der Waals surface area contributed by atoms with Crippen molar-refractivity contribution in [3.8, 4) is 0 Å². The molecular formula is C9H15N5O2. The number of hydrogen-bond donors (Lipinski definition) is 3. The number of rotatable bonds is 5. The maximum Gasteiger partial charge on any atom is 0.271 e. The van der Waals surface area contributed by atoms with Crippen LogP contribution in [0.4, 0.5) is 5.82 Å². The van der Waals surface area contributed by atoms with Gasteiger partial charge in [0, 0.05) is 13.2 Å². The van der Waals surface area contributed by atoms with Gasteiger partial charge >= 0.3 is 0 Å². The zero-order valence-corrected chi connectivity index (χ0v) is 9.23. The average Bonchev–Trinajstić information content (AvgIpc) is 2.29. The first-order valence-electron chi connectivity index (χ1n) is 4.75. The number of aromatic nitrogens is 2. The van der Waals surface area contributed by atoms with Gasteiger partial charge in [0.15, 0.2) is 5.82 Å². The number of amides is 1. The van der Waals surface area contributed by atoms with Gasteiger partial charge in [-0.25, -0.2) is 15.8 Å². The molecule has 7 heteroatoms. The molecule has 1 atom stereocenters. The minimum Gasteiger partial charge on any atom is -0.383 e. The molecule has 0 spiro atoms. The number of nitrogens with one attached hydrogen (secondary N) is 2. The molecular weight excluding hydrogens is 210 g/mol. The Balaban J connectivity index is 2.59. The molecule has 1 amide bonds. The van der Waals surface area contributed by atoms with E-state index in [0.29, 0.717) is 12.4 Å². The third-order valence-electron chi connectivity index (χ3n) is 1.83. The summed E-state index contributed by atoms with van der Waals surface area (Å²) in [6.45, 7) is 2.28. The maximum absolute atomic E-state index is 11.6. The summed E-state index contributed by atoms with van der Waals surface area (Å²) >= 11 is 0. The molecule has 4 N–H and O–H groups in total. The fourth-order valence-electron chi connectivity index (χ4n) is 1.11. The van der Waals surface area contributed by atoms with Crippen molar-refractivity contribution in [1.82, 2.24) is 15.3 Å². The molecule has 0 radical (unpaired) electrons. The van der Waals surface area contributed by atoms with Crippen LogP contribution >= 0.6 is 0 Å². The number of nitrogens with zero attached hydrogens (tertiary/aromatic N) is 2. The number of ether oxygens (including phenoxy) is 1. The first kappa shape index (κ1) is 12.3. The molecule has 1 aromatic heterocycles. The van der Waals surface area contributed by atoms with Crippen LogP contribution in [0.3, 0.4) is 0 Å². The van der Waals surface area contributed by atoms with Gasteiger partial charge in [-0.05, 0) is 6.92 Å². The summed E-state index contributed by atoms with van der Waals surface area (Å²) in [5.74, 6) is 5.24. The predicted molar refractivity (Wildman–Crippen MR) is 58.6 cm³/mol. The summed E-state index contributed by atoms with van der Waals surface area (Å²) in [5, 5.41) is 2.72. The van der Waals surface area contributed by atoms with E-state index in [1.807, 2.05) is 6.92 Å². The topological polar surface area (TPSA) is 102 Å². The van der Waals surface area contributed by atoms with Gasteiger partial charge in [-0.3, -0.25) is 4.79 Å². The van der Waals surface area contributed by atoms with E-state index in [9.17, 15) is 4.79 Å². The highest BCUT2D eigenvalue weighted by Crippen LogP contribution is 1.99. The van der Waals surface area contributed by atoms with E-state index in [1.54, 1.807) is 7.11 Å². The molecule has 88 valence electrons. The van der Waals surface area contributed by atoms with Crippen LogP contribution in [0.1, 0.15) is 17.4 Å². The fraction of sp³-hybridized carbons (Fsp3) is 0.444. The lowest BCUT2D eigenvalue weighted by atomic mass is 10.3. The zero-order chi connectivity index (χ0) is 12.0. The van der Waals surface area contributed by atoms with Crippen molar-refractivity contribution in [1.29, 1.82) is 0 Å². The number of nitrogen functional groups attached to an aromatic ring is 1. The number of carbonyl (C=O) groups excluding carboxylic acids is 1. The van der Waals surface area contributed by atoms with Crippen LogP contribution in [0, 0.1) is 0 Å². The smallest absolute Gasteiger partial charge is 0.271 e. The summed E-state index contributed by atoms with van der Waals surface area (Å²) in [5.41, 5.74) is 2.57. The second kappa shape index (κ2) is 5.99. The van der Waals surface area contributed by atoms with Gasteiger partial charge < -0.3 is 15.5 Å². The van der Waals surface area contributed by atoms with Crippen molar-refractivity contribution in [3.63, 3.8) is 0 Å². The van der Waals surface area contributed by atoms with Crippen LogP contribution in [-0.2, 0) is 4.74 Å². The molecule has 7 nitrogen and oxygen atoms in total. The molecule has 0 bridgehead atoms. The van der Waals surface area contributed by atoms with Crippen LogP contribution in [-0.4, -0.2) is 35.6 Å². The average molecular weight is 225 g/mol. The molecule has 1 heterocycles. The lowest BCUT2D eigenvalue weighted by molar-refractivity contribution is 0.0900. The molecule has 0 aliphatic carbocycles. The SMILES string of the molecule is COCC(C)NC(=O)c1cnc(NN)cn1. The summed E-state index contributed by atoms with van der Waals surface area (Å²) in [6, 6.07) is -0.0772. The largest absolute Gasteiger partial charge is 0.383 e. The molecule has 0 aliphatic rings. The first-order valence-corrected chi connectivity index (χ1v) is 4.75. The van der Waals surface area contributed by atoms with Gasteiger partial charge in [-0.2, -0.15) is 0 Å². The minimum atomic E-state index is -0.291. The third-order valence-corrected chi connectivity index (χ3v) is 1.83. The van der Waals surface area contributed by atoms with Crippen molar-refractivity contribution < 1.29 is 9.53 Å². The Hall–Kier alpha value is -1.73. The van der Waals surface area contributed by atoms with Gasteiger partial charge in [0.25, 0.3) is 5.91 Å². The highest BCUT2D eigenvalue weighted by atomic mass is 16.5. The predicted octanol–water partition coefficient (Wildman–Crippen LogP) is -0.473. The lowest BCUT2D eigenvalue weighted by Crippen LogP contribution is -2.36. The summed E-state index contributed by atoms with van der Waals surface area (Å²) in [6.07, 6.45) is 2.74. The molecule has 0 fully saturated rings. The molecule has 1 unspecified atom stereocenters. The van der Waals surface area contributed by atoms with Crippen molar-refractivity contribution in [2.45, 2.75) is 13.0 Å². The summed E-state index contributed by atoms with van der Waals surface area (Å²) in [4.78, 5) is 19.4. The Morgan fingerprint density at radius 1 is 1.56 bits per heavy atom. The molecule has 0 saturated heterocycles. The monoisotopic (exact) mass is 225 g/mol. The van der Waals surface area contributed by atoms with Crippen molar-refractivity contribution in [2.75, 3.05) is 19.1 Å². The van der Waals surface area contributed by atoms with E-state index in [1.165, 1.54) is 12.4 Å². The van der Waals surface area contributed by atoms with Gasteiger partial charge in [-0.1, -0.05) is 0 Å². The standard InChI is InChI=1S/C9H15N5O2/c1-6(5-16-2)13-9(15)7-3-12-8(14-10)4-11-7/h3-4,6H,5,10H2,1-2H3,(H,12,14)(H,13,15). The van der Waals surface area contributed by atoms with E-state index < -0.39 is 0 Å². The van der Waals surface area contributed by atoms with Crippen LogP contribution in [0.2, 0.25) is 0 Å². The summed E-state index contributed by atoms with van der Waals surface area (Å²) < 4.78 is 4.90. The number of carbonyl (C=O) groups is 1. The Morgan fingerprint density at radius 3 is 2.81 bits per heavy atom. The van der Waals surface area contributed by atoms with E-state index in [4.69, 9.17) is 10.6 Å². The van der Waals surface area contributed by atoms with Gasteiger partial charge in [0.2, 0.25) is 0 Å². The third kappa shape index (κ3) is 3.44. The quantitative estimate of drug-likeness (QED) is 0.462. The second-order valence-electron chi connectivity index (χ2n) is 3.26. The summed E-state index contributed by atoms with van der Waals surface area (Å²) in [7, 11) is 1.57. The first-order chi connectivity index (χ1) is 7.67. The maximum atomic E-state index is 11.6. The minimum absolute atomic E-state index is 0.0772.